The van der Waals surface area contributed by atoms with Crippen molar-refractivity contribution in [1.82, 2.24) is 15.2 Å². The van der Waals surface area contributed by atoms with Gasteiger partial charge in [0.05, 0.1) is 6.20 Å². The van der Waals surface area contributed by atoms with E-state index in [0.29, 0.717) is 5.95 Å². The molecule has 0 saturated carbocycles. The highest BCUT2D eigenvalue weighted by molar-refractivity contribution is 5.61. The van der Waals surface area contributed by atoms with Crippen molar-refractivity contribution in [2.45, 2.75) is 52.9 Å². The van der Waals surface area contributed by atoms with Crippen LogP contribution in [-0.2, 0) is 5.41 Å². The van der Waals surface area contributed by atoms with Crippen molar-refractivity contribution in [2.75, 3.05) is 23.3 Å². The number of nitrogens with one attached hydrogen (secondary N) is 1. The third-order valence-electron chi connectivity index (χ3n) is 3.84. The van der Waals surface area contributed by atoms with E-state index in [1.165, 1.54) is 5.56 Å². The number of hydrogen-bond acceptors (Lipinski definition) is 5. The van der Waals surface area contributed by atoms with Gasteiger partial charge in [0, 0.05) is 18.8 Å². The lowest BCUT2D eigenvalue weighted by molar-refractivity contribution is 0.592. The largest absolute Gasteiger partial charge is 0.355 e. The highest BCUT2D eigenvalue weighted by atomic mass is 15.3. The third kappa shape index (κ3) is 4.66. The molecule has 0 aliphatic heterocycles. The molecule has 0 bridgehead atoms. The summed E-state index contributed by atoms with van der Waals surface area (Å²) in [6.45, 7) is 12.9. The minimum absolute atomic E-state index is 0.0467. The Morgan fingerprint density at radius 1 is 1.04 bits per heavy atom. The zero-order chi connectivity index (χ0) is 17.6. The zero-order valence-corrected chi connectivity index (χ0v) is 15.5. The number of para-hydroxylation sites is 1. The molecule has 5 heteroatoms. The summed E-state index contributed by atoms with van der Waals surface area (Å²) >= 11 is 0. The van der Waals surface area contributed by atoms with Crippen LogP contribution in [-0.4, -0.2) is 28.3 Å². The maximum absolute atomic E-state index is 4.67. The van der Waals surface area contributed by atoms with Crippen molar-refractivity contribution in [3.63, 3.8) is 0 Å². The molecule has 0 aliphatic carbocycles. The molecule has 1 aromatic carbocycles. The molecule has 5 nitrogen and oxygen atoms in total. The van der Waals surface area contributed by atoms with E-state index in [9.17, 15) is 0 Å². The van der Waals surface area contributed by atoms with Crippen LogP contribution < -0.4 is 10.2 Å². The topological polar surface area (TPSA) is 53.9 Å². The van der Waals surface area contributed by atoms with Gasteiger partial charge in [-0.15, -0.1) is 5.10 Å². The van der Waals surface area contributed by atoms with Gasteiger partial charge in [0.15, 0.2) is 5.82 Å². The average molecular weight is 327 g/mol. The van der Waals surface area contributed by atoms with Crippen molar-refractivity contribution in [2.24, 2.45) is 0 Å². The van der Waals surface area contributed by atoms with Crippen LogP contribution >= 0.6 is 0 Å². The van der Waals surface area contributed by atoms with Crippen LogP contribution in [0.25, 0.3) is 0 Å². The predicted octanol–water partition coefficient (Wildman–Crippen LogP) is 4.54. The van der Waals surface area contributed by atoms with Gasteiger partial charge in [-0.25, -0.2) is 0 Å². The summed E-state index contributed by atoms with van der Waals surface area (Å²) in [4.78, 5) is 6.93. The Bertz CT molecular complexity index is 642. The van der Waals surface area contributed by atoms with E-state index in [4.69, 9.17) is 0 Å². The van der Waals surface area contributed by atoms with Crippen LogP contribution in [0.5, 0.6) is 0 Å². The standard InChI is InChI=1S/C19H29N5/c1-6-12-24(13-7-2)17-14-20-23-18(22-17)21-16-11-9-8-10-15(16)19(3,4)5/h8-11,14H,6-7,12-13H2,1-5H3,(H,21,22,23). The van der Waals surface area contributed by atoms with Crippen LogP contribution in [0.2, 0.25) is 0 Å². The second-order valence-electron chi connectivity index (χ2n) is 7.05. The Morgan fingerprint density at radius 2 is 1.71 bits per heavy atom. The van der Waals surface area contributed by atoms with Crippen LogP contribution in [0.1, 0.15) is 53.0 Å². The van der Waals surface area contributed by atoms with Crippen LogP contribution in [0, 0.1) is 0 Å². The number of rotatable bonds is 7. The van der Waals surface area contributed by atoms with Crippen molar-refractivity contribution in [1.29, 1.82) is 0 Å². The number of benzene rings is 1. The third-order valence-corrected chi connectivity index (χ3v) is 3.84. The van der Waals surface area contributed by atoms with Gasteiger partial charge in [-0.3, -0.25) is 0 Å². The summed E-state index contributed by atoms with van der Waals surface area (Å²) in [5.41, 5.74) is 2.31. The van der Waals surface area contributed by atoms with Crippen molar-refractivity contribution >= 4 is 17.5 Å². The summed E-state index contributed by atoms with van der Waals surface area (Å²) in [5.74, 6) is 1.42. The normalized spacial score (nSPS) is 11.4. The molecule has 0 radical (unpaired) electrons. The number of nitrogens with zero attached hydrogens (tertiary/aromatic N) is 4. The van der Waals surface area contributed by atoms with Crippen molar-refractivity contribution in [3.8, 4) is 0 Å². The molecule has 24 heavy (non-hydrogen) atoms. The van der Waals surface area contributed by atoms with E-state index < -0.39 is 0 Å². The number of hydrogen-bond donors (Lipinski definition) is 1. The van der Waals surface area contributed by atoms with E-state index in [-0.39, 0.29) is 5.41 Å². The van der Waals surface area contributed by atoms with Gasteiger partial charge in [-0.1, -0.05) is 52.8 Å². The molecule has 1 aromatic heterocycles. The molecule has 0 spiro atoms. The fourth-order valence-corrected chi connectivity index (χ4v) is 2.75. The van der Waals surface area contributed by atoms with Gasteiger partial charge in [0.2, 0.25) is 5.95 Å². The molecule has 0 aliphatic rings. The first-order valence-electron chi connectivity index (χ1n) is 8.77. The van der Waals surface area contributed by atoms with Crippen molar-refractivity contribution < 1.29 is 0 Å². The van der Waals surface area contributed by atoms with E-state index in [2.05, 4.69) is 78.2 Å². The van der Waals surface area contributed by atoms with Crippen LogP contribution in [0.4, 0.5) is 17.5 Å². The predicted molar refractivity (Wildman–Crippen MR) is 101 cm³/mol. The van der Waals surface area contributed by atoms with Crippen LogP contribution in [0.15, 0.2) is 30.5 Å². The van der Waals surface area contributed by atoms with E-state index in [0.717, 1.165) is 37.4 Å². The number of anilines is 3. The van der Waals surface area contributed by atoms with E-state index >= 15 is 0 Å². The Labute approximate surface area is 145 Å². The molecule has 2 rings (SSSR count). The van der Waals surface area contributed by atoms with Gasteiger partial charge >= 0.3 is 0 Å². The summed E-state index contributed by atoms with van der Waals surface area (Å²) in [7, 11) is 0. The molecule has 130 valence electrons. The maximum atomic E-state index is 4.67. The monoisotopic (exact) mass is 327 g/mol. The quantitative estimate of drug-likeness (QED) is 0.809. The van der Waals surface area contributed by atoms with Gasteiger partial charge in [-0.2, -0.15) is 10.1 Å². The summed E-state index contributed by atoms with van der Waals surface area (Å²) in [5, 5.41) is 11.7. The van der Waals surface area contributed by atoms with Gasteiger partial charge in [0.25, 0.3) is 0 Å². The molecule has 0 unspecified atom stereocenters. The average Bonchev–Trinajstić information content (AvgIpc) is 2.54. The SMILES string of the molecule is CCCN(CCC)c1cnnc(Nc2ccccc2C(C)(C)C)n1. The summed E-state index contributed by atoms with van der Waals surface area (Å²) in [6, 6.07) is 8.29. The molecule has 0 amide bonds. The van der Waals surface area contributed by atoms with E-state index in [1.807, 2.05) is 6.07 Å². The fraction of sp³-hybridized carbons (Fsp3) is 0.526. The maximum Gasteiger partial charge on any atom is 0.249 e. The molecule has 0 fully saturated rings. The van der Waals surface area contributed by atoms with Crippen molar-refractivity contribution in [3.05, 3.63) is 36.0 Å². The molecular weight excluding hydrogens is 298 g/mol. The summed E-state index contributed by atoms with van der Waals surface area (Å²) in [6.07, 6.45) is 3.91. The molecule has 0 atom stereocenters. The second kappa shape index (κ2) is 8.08. The Balaban J connectivity index is 2.27. The Kier molecular flexibility index (Phi) is 6.12. The molecular formula is C19H29N5. The first-order chi connectivity index (χ1) is 11.5. The molecule has 2 aromatic rings. The minimum atomic E-state index is 0.0467. The first-order valence-corrected chi connectivity index (χ1v) is 8.77. The minimum Gasteiger partial charge on any atom is -0.355 e. The smallest absolute Gasteiger partial charge is 0.249 e. The Morgan fingerprint density at radius 3 is 2.33 bits per heavy atom. The first kappa shape index (κ1) is 18.2. The highest BCUT2D eigenvalue weighted by Gasteiger charge is 2.18. The van der Waals surface area contributed by atoms with Gasteiger partial charge in [-0.05, 0) is 29.9 Å². The van der Waals surface area contributed by atoms with Gasteiger partial charge in [0.1, 0.15) is 0 Å². The highest BCUT2D eigenvalue weighted by Crippen LogP contribution is 2.30. The summed E-state index contributed by atoms with van der Waals surface area (Å²) < 4.78 is 0. The van der Waals surface area contributed by atoms with E-state index in [1.54, 1.807) is 6.20 Å². The lowest BCUT2D eigenvalue weighted by Crippen LogP contribution is -2.26. The molecule has 0 saturated heterocycles. The molecule has 1 N–H and O–H groups in total. The second-order valence-corrected chi connectivity index (χ2v) is 7.05. The van der Waals surface area contributed by atoms with Crippen LogP contribution in [0.3, 0.4) is 0 Å². The zero-order valence-electron chi connectivity index (χ0n) is 15.5. The molecule has 1 heterocycles. The van der Waals surface area contributed by atoms with Gasteiger partial charge < -0.3 is 10.2 Å². The lowest BCUT2D eigenvalue weighted by atomic mass is 9.86. The number of aromatic nitrogens is 3. The lowest BCUT2D eigenvalue weighted by Gasteiger charge is -2.24. The Hall–Kier alpha value is -2.17. The fourth-order valence-electron chi connectivity index (χ4n) is 2.75.